The van der Waals surface area contributed by atoms with Crippen LogP contribution in [-0.4, -0.2) is 60.9 Å². The molecule has 1 aliphatic carbocycles. The number of methoxy groups -OCH3 is 1. The molecule has 146 valence electrons. The minimum Gasteiger partial charge on any atom is -0.469 e. The molecule has 1 atom stereocenters. The second-order valence-electron chi connectivity index (χ2n) is 8.28. The molecule has 0 aromatic carbocycles. The lowest BCUT2D eigenvalue weighted by atomic mass is 9.77. The molecular weight excluding hydrogens is 332 g/mol. The first-order valence-electron chi connectivity index (χ1n) is 10.2. The first kappa shape index (κ1) is 19.2. The molecule has 2 heterocycles. The Labute approximate surface area is 156 Å². The highest BCUT2D eigenvalue weighted by Crippen LogP contribution is 2.41. The predicted octanol–water partition coefficient (Wildman–Crippen LogP) is 2.36. The van der Waals surface area contributed by atoms with E-state index < -0.39 is 0 Å². The summed E-state index contributed by atoms with van der Waals surface area (Å²) in [7, 11) is 1.33. The quantitative estimate of drug-likeness (QED) is 0.703. The topological polar surface area (TPSA) is 66.9 Å². The molecule has 0 aromatic heterocycles. The van der Waals surface area contributed by atoms with Gasteiger partial charge in [-0.15, -0.1) is 0 Å². The second kappa shape index (κ2) is 8.40. The molecule has 6 nitrogen and oxygen atoms in total. The molecule has 2 aliphatic heterocycles. The average Bonchev–Trinajstić information content (AvgIpc) is 3.09. The molecule has 2 amide bonds. The van der Waals surface area contributed by atoms with E-state index in [1.54, 1.807) is 4.90 Å². The van der Waals surface area contributed by atoms with Gasteiger partial charge in [-0.25, -0.2) is 0 Å². The van der Waals surface area contributed by atoms with Crippen LogP contribution in [0, 0.1) is 11.3 Å². The molecule has 0 aromatic rings. The van der Waals surface area contributed by atoms with Crippen molar-refractivity contribution in [1.29, 1.82) is 0 Å². The van der Waals surface area contributed by atoms with E-state index in [1.807, 2.05) is 0 Å². The maximum atomic E-state index is 13.2. The minimum absolute atomic E-state index is 0.0375. The second-order valence-corrected chi connectivity index (χ2v) is 8.28. The summed E-state index contributed by atoms with van der Waals surface area (Å²) in [5.74, 6) is 0.517. The summed E-state index contributed by atoms with van der Waals surface area (Å²) in [6.07, 6.45) is 9.36. The lowest BCUT2D eigenvalue weighted by Crippen LogP contribution is -2.51. The molecule has 1 unspecified atom stereocenters. The Morgan fingerprint density at radius 2 is 1.85 bits per heavy atom. The Kier molecular flexibility index (Phi) is 6.20. The van der Waals surface area contributed by atoms with Crippen molar-refractivity contribution in [3.8, 4) is 0 Å². The zero-order chi connectivity index (χ0) is 18.6. The van der Waals surface area contributed by atoms with Crippen molar-refractivity contribution in [3.05, 3.63) is 0 Å². The third-order valence-electron chi connectivity index (χ3n) is 6.50. The van der Waals surface area contributed by atoms with Crippen molar-refractivity contribution in [1.82, 2.24) is 9.80 Å². The summed E-state index contributed by atoms with van der Waals surface area (Å²) in [5, 5.41) is 0. The van der Waals surface area contributed by atoms with Crippen LogP contribution in [0.3, 0.4) is 0 Å². The number of amides is 2. The van der Waals surface area contributed by atoms with Crippen LogP contribution in [-0.2, 0) is 19.1 Å². The summed E-state index contributed by atoms with van der Waals surface area (Å²) in [6.45, 7) is 2.92. The summed E-state index contributed by atoms with van der Waals surface area (Å²) >= 11 is 0. The van der Waals surface area contributed by atoms with Gasteiger partial charge in [0.05, 0.1) is 18.9 Å². The van der Waals surface area contributed by atoms with Crippen LogP contribution >= 0.6 is 0 Å². The van der Waals surface area contributed by atoms with Gasteiger partial charge in [-0.05, 0) is 38.0 Å². The van der Waals surface area contributed by atoms with Crippen LogP contribution in [0.4, 0.5) is 0 Å². The van der Waals surface area contributed by atoms with E-state index in [-0.39, 0.29) is 36.0 Å². The van der Waals surface area contributed by atoms with Gasteiger partial charge in [-0.3, -0.25) is 14.4 Å². The number of ether oxygens (including phenoxy) is 1. The highest BCUT2D eigenvalue weighted by molar-refractivity contribution is 5.87. The van der Waals surface area contributed by atoms with Crippen molar-refractivity contribution >= 4 is 17.8 Å². The fourth-order valence-electron chi connectivity index (χ4n) is 4.94. The first-order chi connectivity index (χ1) is 12.5. The van der Waals surface area contributed by atoms with E-state index in [1.165, 1.54) is 39.2 Å². The van der Waals surface area contributed by atoms with Crippen molar-refractivity contribution < 1.29 is 19.1 Å². The standard InChI is InChI=1S/C20H32N2O4/c1-26-18(24)9-8-17(23)22-13-11-20(15-22)10-5-12-21(19(20)25)14-16-6-3-2-4-7-16/h16H,2-15H2,1H3. The van der Waals surface area contributed by atoms with Crippen LogP contribution in [0.25, 0.3) is 0 Å². The molecule has 1 saturated carbocycles. The van der Waals surface area contributed by atoms with E-state index in [9.17, 15) is 14.4 Å². The van der Waals surface area contributed by atoms with Crippen LogP contribution < -0.4 is 0 Å². The van der Waals surface area contributed by atoms with Gasteiger partial charge in [0.2, 0.25) is 11.8 Å². The molecule has 26 heavy (non-hydrogen) atoms. The van der Waals surface area contributed by atoms with E-state index in [0.29, 0.717) is 19.0 Å². The van der Waals surface area contributed by atoms with Gasteiger partial charge >= 0.3 is 5.97 Å². The molecule has 3 fully saturated rings. The highest BCUT2D eigenvalue weighted by Gasteiger charge is 2.49. The molecular formula is C20H32N2O4. The fraction of sp³-hybridized carbons (Fsp3) is 0.850. The monoisotopic (exact) mass is 364 g/mol. The fourth-order valence-corrected chi connectivity index (χ4v) is 4.94. The number of hydrogen-bond acceptors (Lipinski definition) is 4. The van der Waals surface area contributed by atoms with E-state index >= 15 is 0 Å². The van der Waals surface area contributed by atoms with E-state index in [4.69, 9.17) is 0 Å². The summed E-state index contributed by atoms with van der Waals surface area (Å²) in [5.41, 5.74) is -0.381. The zero-order valence-corrected chi connectivity index (χ0v) is 16.0. The highest BCUT2D eigenvalue weighted by atomic mass is 16.5. The van der Waals surface area contributed by atoms with E-state index in [2.05, 4.69) is 9.64 Å². The lowest BCUT2D eigenvalue weighted by molar-refractivity contribution is -0.148. The number of carbonyl (C=O) groups excluding carboxylic acids is 3. The number of piperidine rings is 1. The normalized spacial score (nSPS) is 27.2. The van der Waals surface area contributed by atoms with E-state index in [0.717, 1.165) is 32.4 Å². The molecule has 3 rings (SSSR count). The van der Waals surface area contributed by atoms with Crippen molar-refractivity contribution in [2.75, 3.05) is 33.3 Å². The Balaban J connectivity index is 1.56. The summed E-state index contributed by atoms with van der Waals surface area (Å²) < 4.78 is 4.61. The minimum atomic E-state index is -0.381. The van der Waals surface area contributed by atoms with Crippen LogP contribution in [0.2, 0.25) is 0 Å². The smallest absolute Gasteiger partial charge is 0.306 e. The molecule has 0 radical (unpaired) electrons. The number of esters is 1. The van der Waals surface area contributed by atoms with Crippen molar-refractivity contribution in [2.24, 2.45) is 11.3 Å². The SMILES string of the molecule is COC(=O)CCC(=O)N1CCC2(CCCN(CC3CCCCC3)C2=O)C1. The van der Waals surface area contributed by atoms with Crippen LogP contribution in [0.1, 0.15) is 64.2 Å². The van der Waals surface area contributed by atoms with Gasteiger partial charge in [0.1, 0.15) is 0 Å². The van der Waals surface area contributed by atoms with Crippen molar-refractivity contribution in [2.45, 2.75) is 64.2 Å². The predicted molar refractivity (Wildman–Crippen MR) is 97.3 cm³/mol. The summed E-state index contributed by atoms with van der Waals surface area (Å²) in [6, 6.07) is 0. The maximum Gasteiger partial charge on any atom is 0.306 e. The Bertz CT molecular complexity index is 544. The third-order valence-corrected chi connectivity index (χ3v) is 6.50. The number of likely N-dealkylation sites (tertiary alicyclic amines) is 2. The van der Waals surface area contributed by atoms with Gasteiger partial charge in [-0.2, -0.15) is 0 Å². The third kappa shape index (κ3) is 4.21. The average molecular weight is 364 g/mol. The summed E-state index contributed by atoms with van der Waals surface area (Å²) in [4.78, 5) is 40.7. The Morgan fingerprint density at radius 1 is 1.08 bits per heavy atom. The van der Waals surface area contributed by atoms with Gasteiger partial charge in [0.15, 0.2) is 0 Å². The Hall–Kier alpha value is -1.59. The van der Waals surface area contributed by atoms with Gasteiger partial charge in [0.25, 0.3) is 0 Å². The largest absolute Gasteiger partial charge is 0.469 e. The van der Waals surface area contributed by atoms with Crippen LogP contribution in [0.15, 0.2) is 0 Å². The molecule has 0 N–H and O–H groups in total. The number of hydrogen-bond donors (Lipinski definition) is 0. The molecule has 3 aliphatic rings. The number of nitrogens with zero attached hydrogens (tertiary/aromatic N) is 2. The number of rotatable bonds is 5. The van der Waals surface area contributed by atoms with Gasteiger partial charge in [-0.1, -0.05) is 19.3 Å². The molecule has 6 heteroatoms. The van der Waals surface area contributed by atoms with Gasteiger partial charge < -0.3 is 14.5 Å². The first-order valence-corrected chi connectivity index (χ1v) is 10.2. The van der Waals surface area contributed by atoms with Crippen LogP contribution in [0.5, 0.6) is 0 Å². The molecule has 0 bridgehead atoms. The molecule has 2 saturated heterocycles. The van der Waals surface area contributed by atoms with Gasteiger partial charge in [0, 0.05) is 32.6 Å². The lowest BCUT2D eigenvalue weighted by Gasteiger charge is -2.41. The zero-order valence-electron chi connectivity index (χ0n) is 16.0. The number of carbonyl (C=O) groups is 3. The Morgan fingerprint density at radius 3 is 2.58 bits per heavy atom. The maximum absolute atomic E-state index is 13.2. The van der Waals surface area contributed by atoms with Crippen molar-refractivity contribution in [3.63, 3.8) is 0 Å². The molecule has 1 spiro atoms.